The van der Waals surface area contributed by atoms with Crippen LogP contribution in [0.25, 0.3) is 0 Å². The van der Waals surface area contributed by atoms with Crippen LogP contribution in [0.4, 0.5) is 0 Å². The molecule has 0 saturated heterocycles. The smallest absolute Gasteiger partial charge is 0.316 e. The molecule has 0 radical (unpaired) electrons. The SMILES string of the molecule is C=C1[C@@H](OC(C)=O)CC[C@@]2(C)C[C@H](O)C3=C(C)C[C@H](OC(=O)C(C)C(C)=O)[C@@H](C[C@H]12)C3(C)C. The highest BCUT2D eigenvalue weighted by Crippen LogP contribution is 2.59. The van der Waals surface area contributed by atoms with Crippen molar-refractivity contribution in [2.45, 2.75) is 98.9 Å². The first kappa shape index (κ1) is 25.7. The van der Waals surface area contributed by atoms with Crippen molar-refractivity contribution in [3.63, 3.8) is 0 Å². The van der Waals surface area contributed by atoms with Crippen LogP contribution < -0.4 is 0 Å². The van der Waals surface area contributed by atoms with Crippen LogP contribution in [-0.4, -0.2) is 41.1 Å². The molecule has 0 aromatic heterocycles. The predicted molar refractivity (Wildman–Crippen MR) is 125 cm³/mol. The molecule has 6 nitrogen and oxygen atoms in total. The van der Waals surface area contributed by atoms with Gasteiger partial charge in [0.25, 0.3) is 0 Å². The number of Topliss-reactive ketones (excluding diaryl/α,β-unsaturated/α-hetero) is 1. The maximum Gasteiger partial charge on any atom is 0.316 e. The van der Waals surface area contributed by atoms with Crippen molar-refractivity contribution in [3.8, 4) is 0 Å². The average Bonchev–Trinajstić information content (AvgIpc) is 2.67. The van der Waals surface area contributed by atoms with Crippen molar-refractivity contribution in [1.82, 2.24) is 0 Å². The first-order valence-electron chi connectivity index (χ1n) is 12.1. The Morgan fingerprint density at radius 2 is 1.79 bits per heavy atom. The molecule has 1 N–H and O–H groups in total. The number of ether oxygens (including phenoxy) is 2. The van der Waals surface area contributed by atoms with Crippen LogP contribution in [0.3, 0.4) is 0 Å². The van der Waals surface area contributed by atoms with Crippen LogP contribution in [0.1, 0.15) is 80.6 Å². The van der Waals surface area contributed by atoms with E-state index in [0.29, 0.717) is 19.3 Å². The largest absolute Gasteiger partial charge is 0.461 e. The van der Waals surface area contributed by atoms with Crippen molar-refractivity contribution < 1.29 is 29.0 Å². The number of ketones is 1. The maximum atomic E-state index is 12.7. The number of esters is 2. The van der Waals surface area contributed by atoms with Gasteiger partial charge in [0, 0.05) is 19.3 Å². The van der Waals surface area contributed by atoms with Gasteiger partial charge in [-0.3, -0.25) is 14.4 Å². The molecule has 3 aliphatic rings. The van der Waals surface area contributed by atoms with Gasteiger partial charge in [-0.05, 0) is 74.3 Å². The molecular weight excluding hydrogens is 420 g/mol. The molecule has 2 fully saturated rings. The van der Waals surface area contributed by atoms with Crippen LogP contribution in [0.15, 0.2) is 23.3 Å². The lowest BCUT2D eigenvalue weighted by molar-refractivity contribution is -0.163. The van der Waals surface area contributed by atoms with Gasteiger partial charge in [0.05, 0.1) is 6.10 Å². The van der Waals surface area contributed by atoms with Crippen LogP contribution in [0, 0.1) is 28.6 Å². The van der Waals surface area contributed by atoms with Gasteiger partial charge in [-0.2, -0.15) is 0 Å². The zero-order chi connectivity index (χ0) is 24.9. The molecule has 0 aromatic rings. The lowest BCUT2D eigenvalue weighted by Gasteiger charge is -2.56. The molecule has 184 valence electrons. The average molecular weight is 461 g/mol. The maximum absolute atomic E-state index is 12.7. The molecule has 1 unspecified atom stereocenters. The molecule has 2 saturated carbocycles. The van der Waals surface area contributed by atoms with Crippen LogP contribution in [0.5, 0.6) is 0 Å². The van der Waals surface area contributed by atoms with Crippen LogP contribution in [0.2, 0.25) is 0 Å². The summed E-state index contributed by atoms with van der Waals surface area (Å²) >= 11 is 0. The summed E-state index contributed by atoms with van der Waals surface area (Å²) < 4.78 is 11.6. The highest BCUT2D eigenvalue weighted by atomic mass is 16.5. The third-order valence-electron chi connectivity index (χ3n) is 8.74. The monoisotopic (exact) mass is 460 g/mol. The highest BCUT2D eigenvalue weighted by Gasteiger charge is 2.55. The number of carbonyl (C=O) groups excluding carboxylic acids is 3. The van der Waals surface area contributed by atoms with E-state index in [1.807, 2.05) is 6.92 Å². The molecule has 7 atom stereocenters. The van der Waals surface area contributed by atoms with Gasteiger partial charge in [0.2, 0.25) is 0 Å². The first-order chi connectivity index (χ1) is 15.2. The Morgan fingerprint density at radius 3 is 2.36 bits per heavy atom. The van der Waals surface area contributed by atoms with Gasteiger partial charge in [0.15, 0.2) is 0 Å². The Morgan fingerprint density at radius 1 is 1.15 bits per heavy atom. The number of carbonyl (C=O) groups is 3. The van der Waals surface area contributed by atoms with E-state index in [1.54, 1.807) is 6.92 Å². The normalized spacial score (nSPS) is 36.7. The van der Waals surface area contributed by atoms with E-state index in [2.05, 4.69) is 27.4 Å². The summed E-state index contributed by atoms with van der Waals surface area (Å²) in [5.74, 6) is -1.88. The Kier molecular flexibility index (Phi) is 7.01. The minimum absolute atomic E-state index is 0.0147. The fourth-order valence-corrected chi connectivity index (χ4v) is 6.77. The van der Waals surface area contributed by atoms with E-state index in [1.165, 1.54) is 13.8 Å². The molecule has 0 heterocycles. The van der Waals surface area contributed by atoms with Gasteiger partial charge < -0.3 is 14.6 Å². The third kappa shape index (κ3) is 4.68. The van der Waals surface area contributed by atoms with Crippen molar-refractivity contribution in [1.29, 1.82) is 0 Å². The zero-order valence-electron chi connectivity index (χ0n) is 21.2. The summed E-state index contributed by atoms with van der Waals surface area (Å²) in [5.41, 5.74) is 2.39. The number of aliphatic hydroxyl groups excluding tert-OH is 1. The Balaban J connectivity index is 2.02. The van der Waals surface area contributed by atoms with E-state index in [4.69, 9.17) is 9.47 Å². The standard InChI is InChI=1S/C27H40O6/c1-14-11-23(33-25(31)15(2)17(4)28)20-12-19-16(3)22(32-18(5)29)9-10-27(19,8)13-21(30)24(14)26(20,6)7/h15,19-23,30H,3,9-13H2,1-2,4-8H3/t15?,19-,20-,21+,22+,23+,27+/m1/s1. The van der Waals surface area contributed by atoms with E-state index in [9.17, 15) is 19.5 Å². The first-order valence-corrected chi connectivity index (χ1v) is 12.1. The van der Waals surface area contributed by atoms with Gasteiger partial charge in [-0.1, -0.05) is 32.9 Å². The minimum atomic E-state index is -0.804. The molecule has 2 bridgehead atoms. The van der Waals surface area contributed by atoms with Crippen molar-refractivity contribution in [2.75, 3.05) is 0 Å². The quantitative estimate of drug-likeness (QED) is 0.376. The summed E-state index contributed by atoms with van der Waals surface area (Å²) in [4.78, 5) is 36.2. The summed E-state index contributed by atoms with van der Waals surface area (Å²) in [5, 5.41) is 11.4. The second kappa shape index (κ2) is 9.01. The topological polar surface area (TPSA) is 89.9 Å². The highest BCUT2D eigenvalue weighted by molar-refractivity contribution is 5.97. The van der Waals surface area contributed by atoms with E-state index in [-0.39, 0.29) is 35.1 Å². The van der Waals surface area contributed by atoms with Gasteiger partial charge in [-0.25, -0.2) is 0 Å². The number of fused-ring (bicyclic) bond motifs is 3. The second-order valence-electron chi connectivity index (χ2n) is 11.4. The molecule has 33 heavy (non-hydrogen) atoms. The van der Waals surface area contributed by atoms with Crippen molar-refractivity contribution in [2.24, 2.45) is 28.6 Å². The lowest BCUT2D eigenvalue weighted by atomic mass is 9.51. The van der Waals surface area contributed by atoms with E-state index < -0.39 is 29.5 Å². The summed E-state index contributed by atoms with van der Waals surface area (Å²) in [6.45, 7) is 17.2. The molecule has 3 aliphatic carbocycles. The summed E-state index contributed by atoms with van der Waals surface area (Å²) in [7, 11) is 0. The number of rotatable bonds is 4. The third-order valence-corrected chi connectivity index (χ3v) is 8.74. The van der Waals surface area contributed by atoms with Gasteiger partial charge >= 0.3 is 11.9 Å². The van der Waals surface area contributed by atoms with E-state index >= 15 is 0 Å². The summed E-state index contributed by atoms with van der Waals surface area (Å²) in [6, 6.07) is 0. The van der Waals surface area contributed by atoms with E-state index in [0.717, 1.165) is 29.6 Å². The Labute approximate surface area is 197 Å². The van der Waals surface area contributed by atoms with Gasteiger partial charge in [0.1, 0.15) is 23.9 Å². The second-order valence-corrected chi connectivity index (χ2v) is 11.4. The number of hydrogen-bond donors (Lipinski definition) is 1. The molecule has 0 amide bonds. The molecular formula is C27H40O6. The van der Waals surface area contributed by atoms with Crippen LogP contribution >= 0.6 is 0 Å². The molecule has 0 spiro atoms. The van der Waals surface area contributed by atoms with Gasteiger partial charge in [-0.15, -0.1) is 0 Å². The lowest BCUT2D eigenvalue weighted by Crippen LogP contribution is -2.52. The Bertz CT molecular complexity index is 883. The van der Waals surface area contributed by atoms with Crippen molar-refractivity contribution in [3.05, 3.63) is 23.3 Å². The summed E-state index contributed by atoms with van der Waals surface area (Å²) in [6.07, 6.45) is 2.07. The minimum Gasteiger partial charge on any atom is -0.461 e. The number of aliphatic hydroxyl groups is 1. The number of hydrogen-bond acceptors (Lipinski definition) is 6. The fraction of sp³-hybridized carbons (Fsp3) is 0.741. The fourth-order valence-electron chi connectivity index (χ4n) is 6.77. The Hall–Kier alpha value is -1.95. The van der Waals surface area contributed by atoms with Crippen molar-refractivity contribution >= 4 is 17.7 Å². The molecule has 3 rings (SSSR count). The molecule has 0 aliphatic heterocycles. The zero-order valence-corrected chi connectivity index (χ0v) is 21.2. The molecule has 6 heteroatoms. The molecule has 0 aromatic carbocycles. The predicted octanol–water partition coefficient (Wildman–Crippen LogP) is 4.54. The van der Waals surface area contributed by atoms with Crippen LogP contribution in [-0.2, 0) is 23.9 Å².